The molecule has 2 heterocycles. The highest BCUT2D eigenvalue weighted by atomic mass is 16.5. The fraction of sp³-hybridized carbons (Fsp3) is 0.444. The molecule has 1 saturated heterocycles. The second kappa shape index (κ2) is 6.16. The molecule has 2 aliphatic rings. The summed E-state index contributed by atoms with van der Waals surface area (Å²) in [6.45, 7) is 4.29. The number of benzene rings is 1. The van der Waals surface area contributed by atoms with E-state index in [0.717, 1.165) is 6.42 Å². The smallest absolute Gasteiger partial charge is 0.310 e. The normalized spacial score (nSPS) is 29.5. The molecule has 1 amide bonds. The van der Waals surface area contributed by atoms with Gasteiger partial charge < -0.3 is 15.2 Å². The Morgan fingerprint density at radius 1 is 1.17 bits per heavy atom. The Kier molecular flexibility index (Phi) is 4.22. The lowest BCUT2D eigenvalue weighted by Gasteiger charge is -2.21. The minimum absolute atomic E-state index is 0.300. The summed E-state index contributed by atoms with van der Waals surface area (Å²) in [5.41, 5.74) is 1.90. The van der Waals surface area contributed by atoms with Gasteiger partial charge in [-0.3, -0.25) is 9.59 Å². The summed E-state index contributed by atoms with van der Waals surface area (Å²) in [5.74, 6) is -2.32. The lowest BCUT2D eigenvalue weighted by molar-refractivity contribution is -0.145. The van der Waals surface area contributed by atoms with Crippen LogP contribution in [-0.2, 0) is 14.3 Å². The van der Waals surface area contributed by atoms with Crippen LogP contribution in [0.3, 0.4) is 0 Å². The quantitative estimate of drug-likeness (QED) is 0.819. The molecule has 23 heavy (non-hydrogen) atoms. The lowest BCUT2D eigenvalue weighted by atomic mass is 9.82. The fourth-order valence-corrected chi connectivity index (χ4v) is 3.27. The Balaban J connectivity index is 1.72. The zero-order valence-corrected chi connectivity index (χ0v) is 13.2. The zero-order chi connectivity index (χ0) is 16.6. The number of anilines is 1. The number of carboxylic acids is 1. The predicted octanol–water partition coefficient (Wildman–Crippen LogP) is 2.79. The van der Waals surface area contributed by atoms with Crippen LogP contribution in [-0.4, -0.2) is 29.2 Å². The third kappa shape index (κ3) is 2.88. The number of fused-ring (bicyclic) bond motifs is 2. The van der Waals surface area contributed by atoms with Crippen LogP contribution in [0.4, 0.5) is 5.69 Å². The highest BCUT2D eigenvalue weighted by Gasteiger charge is 2.53. The number of aliphatic carboxylic acids is 1. The maximum absolute atomic E-state index is 12.5. The van der Waals surface area contributed by atoms with Crippen molar-refractivity contribution >= 4 is 17.6 Å². The minimum atomic E-state index is -0.992. The first-order valence-electron chi connectivity index (χ1n) is 7.98. The molecule has 2 aliphatic heterocycles. The van der Waals surface area contributed by atoms with E-state index in [1.165, 1.54) is 5.56 Å². The van der Waals surface area contributed by atoms with Crippen LogP contribution in [0.15, 0.2) is 36.4 Å². The van der Waals surface area contributed by atoms with E-state index in [4.69, 9.17) is 4.74 Å². The van der Waals surface area contributed by atoms with Gasteiger partial charge in [-0.05, 0) is 30.0 Å². The van der Waals surface area contributed by atoms with E-state index < -0.39 is 30.0 Å². The summed E-state index contributed by atoms with van der Waals surface area (Å²) in [7, 11) is 0. The first kappa shape index (κ1) is 15.7. The first-order chi connectivity index (χ1) is 11.0. The first-order valence-corrected chi connectivity index (χ1v) is 7.98. The van der Waals surface area contributed by atoms with Crippen molar-refractivity contribution in [1.29, 1.82) is 0 Å². The van der Waals surface area contributed by atoms with Crippen molar-refractivity contribution in [3.63, 3.8) is 0 Å². The fourth-order valence-electron chi connectivity index (χ4n) is 3.27. The third-order valence-corrected chi connectivity index (χ3v) is 4.85. The van der Waals surface area contributed by atoms with Crippen molar-refractivity contribution in [3.05, 3.63) is 42.0 Å². The van der Waals surface area contributed by atoms with Gasteiger partial charge in [-0.25, -0.2) is 0 Å². The molecule has 1 aromatic carbocycles. The van der Waals surface area contributed by atoms with Gasteiger partial charge in [-0.1, -0.05) is 38.1 Å². The number of carboxylic acid groups (broad SMARTS) is 1. The van der Waals surface area contributed by atoms with Gasteiger partial charge in [0.15, 0.2) is 0 Å². The molecule has 0 spiro atoms. The Morgan fingerprint density at radius 3 is 2.35 bits per heavy atom. The van der Waals surface area contributed by atoms with Crippen molar-refractivity contribution in [2.45, 2.75) is 38.4 Å². The van der Waals surface area contributed by atoms with Gasteiger partial charge in [0.05, 0.1) is 18.1 Å². The minimum Gasteiger partial charge on any atom is -0.481 e. The van der Waals surface area contributed by atoms with Crippen molar-refractivity contribution in [2.75, 3.05) is 5.32 Å². The molecule has 5 heteroatoms. The molecule has 1 aromatic rings. The van der Waals surface area contributed by atoms with Crippen LogP contribution in [0.25, 0.3) is 0 Å². The van der Waals surface area contributed by atoms with E-state index in [1.807, 2.05) is 24.3 Å². The van der Waals surface area contributed by atoms with Crippen LogP contribution in [0.5, 0.6) is 0 Å². The summed E-state index contributed by atoms with van der Waals surface area (Å²) in [4.78, 5) is 23.9. The van der Waals surface area contributed by atoms with Gasteiger partial charge in [0, 0.05) is 5.69 Å². The molecular weight excluding hydrogens is 294 g/mol. The number of hydrogen-bond acceptors (Lipinski definition) is 3. The van der Waals surface area contributed by atoms with E-state index in [2.05, 4.69) is 19.2 Å². The van der Waals surface area contributed by atoms with Crippen LogP contribution >= 0.6 is 0 Å². The van der Waals surface area contributed by atoms with Crippen molar-refractivity contribution in [1.82, 2.24) is 0 Å². The summed E-state index contributed by atoms with van der Waals surface area (Å²) in [6, 6.07) is 7.71. The Labute approximate surface area is 135 Å². The van der Waals surface area contributed by atoms with E-state index >= 15 is 0 Å². The molecule has 2 bridgehead atoms. The van der Waals surface area contributed by atoms with Crippen molar-refractivity contribution in [2.24, 2.45) is 11.8 Å². The standard InChI is InChI=1S/C18H21NO4/c1-3-10(2)11-4-6-12(7-5-11)19-17(20)15-13-8-9-14(23-13)16(15)18(21)22/h4-10,13-16H,3H2,1-2H3,(H,19,20)(H,21,22)/t10-,13+,14-,15+,16+/m1/s1. The number of carbonyl (C=O) groups excluding carboxylic acids is 1. The third-order valence-electron chi connectivity index (χ3n) is 4.85. The summed E-state index contributed by atoms with van der Waals surface area (Å²) in [5, 5.41) is 12.2. The highest BCUT2D eigenvalue weighted by molar-refractivity contribution is 5.96. The Hall–Kier alpha value is -2.14. The SMILES string of the molecule is CC[C@@H](C)c1ccc(NC(=O)[C@@H]2[C@@H](C(=O)O)[C@H]3C=C[C@@H]2O3)cc1. The average Bonchev–Trinajstić information content (AvgIpc) is 3.15. The number of nitrogens with one attached hydrogen (secondary N) is 1. The second-order valence-electron chi connectivity index (χ2n) is 6.26. The molecule has 2 N–H and O–H groups in total. The monoisotopic (exact) mass is 315 g/mol. The largest absolute Gasteiger partial charge is 0.481 e. The van der Waals surface area contributed by atoms with Gasteiger partial charge in [-0.2, -0.15) is 0 Å². The molecule has 5 nitrogen and oxygen atoms in total. The maximum Gasteiger partial charge on any atom is 0.310 e. The van der Waals surface area contributed by atoms with Crippen LogP contribution in [0.2, 0.25) is 0 Å². The van der Waals surface area contributed by atoms with E-state index in [-0.39, 0.29) is 5.91 Å². The number of amides is 1. The molecule has 0 unspecified atom stereocenters. The maximum atomic E-state index is 12.5. The summed E-state index contributed by atoms with van der Waals surface area (Å²) in [6.07, 6.45) is 3.62. The van der Waals surface area contributed by atoms with Gasteiger partial charge in [0.1, 0.15) is 5.92 Å². The Morgan fingerprint density at radius 2 is 1.78 bits per heavy atom. The van der Waals surface area contributed by atoms with Gasteiger partial charge in [0.25, 0.3) is 0 Å². The zero-order valence-electron chi connectivity index (χ0n) is 13.2. The van der Waals surface area contributed by atoms with E-state index in [9.17, 15) is 14.7 Å². The molecule has 0 aromatic heterocycles. The average molecular weight is 315 g/mol. The summed E-state index contributed by atoms with van der Waals surface area (Å²) < 4.78 is 5.53. The number of hydrogen-bond donors (Lipinski definition) is 2. The highest BCUT2D eigenvalue weighted by Crippen LogP contribution is 2.39. The molecule has 0 radical (unpaired) electrons. The number of ether oxygens (including phenoxy) is 1. The molecule has 0 saturated carbocycles. The lowest BCUT2D eigenvalue weighted by Crippen LogP contribution is -2.39. The molecule has 1 fully saturated rings. The van der Waals surface area contributed by atoms with Gasteiger partial charge >= 0.3 is 5.97 Å². The van der Waals surface area contributed by atoms with Crippen LogP contribution in [0.1, 0.15) is 31.7 Å². The molecule has 3 rings (SSSR count). The second-order valence-corrected chi connectivity index (χ2v) is 6.26. The van der Waals surface area contributed by atoms with Gasteiger partial charge in [-0.15, -0.1) is 0 Å². The van der Waals surface area contributed by atoms with Crippen LogP contribution in [0, 0.1) is 11.8 Å². The molecule has 5 atom stereocenters. The van der Waals surface area contributed by atoms with Gasteiger partial charge in [0.2, 0.25) is 5.91 Å². The van der Waals surface area contributed by atoms with E-state index in [1.54, 1.807) is 12.2 Å². The predicted molar refractivity (Wildman–Crippen MR) is 86.2 cm³/mol. The number of rotatable bonds is 5. The summed E-state index contributed by atoms with van der Waals surface area (Å²) >= 11 is 0. The number of carbonyl (C=O) groups is 2. The van der Waals surface area contributed by atoms with Crippen molar-refractivity contribution < 1.29 is 19.4 Å². The van der Waals surface area contributed by atoms with E-state index in [0.29, 0.717) is 11.6 Å². The molecular formula is C18H21NO4. The van der Waals surface area contributed by atoms with Crippen molar-refractivity contribution in [3.8, 4) is 0 Å². The topological polar surface area (TPSA) is 75.6 Å². The van der Waals surface area contributed by atoms with Crippen LogP contribution < -0.4 is 5.32 Å². The Bertz CT molecular complexity index is 637. The molecule has 0 aliphatic carbocycles. The molecule has 122 valence electrons.